The molecule has 142 valence electrons. The second-order valence-electron chi connectivity index (χ2n) is 6.07. The first kappa shape index (κ1) is 21.0. The second-order valence-corrected chi connectivity index (χ2v) is 6.07. The molecular weight excluding hydrogens is 355 g/mol. The van der Waals surface area contributed by atoms with Gasteiger partial charge in [-0.1, -0.05) is 36.3 Å². The Kier molecular flexibility index (Phi) is 7.63. The molecule has 6 heteroatoms. The van der Waals surface area contributed by atoms with Crippen LogP contribution in [0.3, 0.4) is 0 Å². The molecule has 0 heterocycles. The van der Waals surface area contributed by atoms with Crippen molar-refractivity contribution in [1.29, 1.82) is 0 Å². The summed E-state index contributed by atoms with van der Waals surface area (Å²) < 4.78 is 15.4. The summed E-state index contributed by atoms with van der Waals surface area (Å²) in [5, 5.41) is 0. The molecule has 0 spiro atoms. The van der Waals surface area contributed by atoms with Crippen LogP contribution in [-0.4, -0.2) is 33.5 Å². The van der Waals surface area contributed by atoms with E-state index in [0.717, 1.165) is 11.1 Å². The van der Waals surface area contributed by atoms with Crippen LogP contribution >= 0.6 is 0 Å². The summed E-state index contributed by atoms with van der Waals surface area (Å²) in [6.07, 6.45) is 3.50. The largest absolute Gasteiger partial charge is 0.497 e. The lowest BCUT2D eigenvalue weighted by Gasteiger charge is -2.06. The lowest BCUT2D eigenvalue weighted by atomic mass is 9.93. The molecule has 2 aromatic carbocycles. The fourth-order valence-corrected chi connectivity index (χ4v) is 2.28. The van der Waals surface area contributed by atoms with Crippen LogP contribution in [0.5, 0.6) is 11.5 Å². The van der Waals surface area contributed by atoms with Gasteiger partial charge in [-0.15, -0.1) is 0 Å². The lowest BCUT2D eigenvalue weighted by Crippen LogP contribution is -2.08. The molecule has 2 rings (SSSR count). The zero-order valence-corrected chi connectivity index (χ0v) is 15.9. The van der Waals surface area contributed by atoms with Gasteiger partial charge in [0.15, 0.2) is 0 Å². The summed E-state index contributed by atoms with van der Waals surface area (Å²) in [6.45, 7) is 5.39. The first-order valence-electron chi connectivity index (χ1n) is 8.64. The third-order valence-electron chi connectivity index (χ3n) is 3.78. The van der Waals surface area contributed by atoms with E-state index in [-0.39, 0.29) is 6.61 Å². The summed E-state index contributed by atoms with van der Waals surface area (Å²) >= 11 is 0. The summed E-state index contributed by atoms with van der Waals surface area (Å²) in [5.74, 6) is 0.0919. The minimum Gasteiger partial charge on any atom is -0.497 e. The van der Waals surface area contributed by atoms with Crippen LogP contribution in [0.4, 0.5) is 0 Å². The molecule has 0 bridgehead atoms. The molecule has 5 nitrogen and oxygen atoms in total. The molecule has 0 fully saturated rings. The smallest absolute Gasteiger partial charge is 0.336 e. The standard InChI is InChI=1S/C22H21BO5/c1-15(2)22(25)27-13-12-16-4-8-18(9-5-16)28-21(24)11-7-17-6-10-20(26-3)19(23)14-17/h4-11,14H,1,12-13H2,2-3H3/b11-7+. The number of carbonyl (C=O) groups is 2. The summed E-state index contributed by atoms with van der Waals surface area (Å²) in [5.41, 5.74) is 2.57. The molecule has 28 heavy (non-hydrogen) atoms. The first-order valence-corrected chi connectivity index (χ1v) is 8.64. The van der Waals surface area contributed by atoms with Crippen molar-refractivity contribution in [3.05, 3.63) is 71.8 Å². The highest BCUT2D eigenvalue weighted by Gasteiger charge is 2.05. The van der Waals surface area contributed by atoms with Crippen molar-refractivity contribution in [3.8, 4) is 11.5 Å². The molecule has 0 aliphatic rings. The molecular formula is C22H21BO5. The van der Waals surface area contributed by atoms with Crippen LogP contribution in [0.25, 0.3) is 6.08 Å². The molecule has 0 unspecified atom stereocenters. The molecule has 2 aromatic rings. The quantitative estimate of drug-likeness (QED) is 0.307. The molecule has 0 amide bonds. The highest BCUT2D eigenvalue weighted by atomic mass is 16.5. The number of carbonyl (C=O) groups excluding carboxylic acids is 2. The van der Waals surface area contributed by atoms with Gasteiger partial charge in [0.2, 0.25) is 0 Å². The number of hydrogen-bond acceptors (Lipinski definition) is 5. The molecule has 0 atom stereocenters. The van der Waals surface area contributed by atoms with Crippen molar-refractivity contribution in [2.24, 2.45) is 0 Å². The van der Waals surface area contributed by atoms with Crippen molar-refractivity contribution < 1.29 is 23.8 Å². The predicted molar refractivity (Wildman–Crippen MR) is 109 cm³/mol. The third kappa shape index (κ3) is 6.47. The topological polar surface area (TPSA) is 61.8 Å². The fraction of sp³-hybridized carbons (Fsp3) is 0.182. The first-order chi connectivity index (χ1) is 13.4. The van der Waals surface area contributed by atoms with Crippen LogP contribution < -0.4 is 14.9 Å². The Labute approximate surface area is 166 Å². The van der Waals surface area contributed by atoms with Crippen molar-refractivity contribution in [2.45, 2.75) is 13.3 Å². The number of esters is 2. The van der Waals surface area contributed by atoms with E-state index in [1.807, 2.05) is 12.1 Å². The number of ether oxygens (including phenoxy) is 3. The van der Waals surface area contributed by atoms with E-state index in [1.54, 1.807) is 50.4 Å². The van der Waals surface area contributed by atoms with Gasteiger partial charge in [-0.2, -0.15) is 0 Å². The van der Waals surface area contributed by atoms with Gasteiger partial charge >= 0.3 is 11.9 Å². The van der Waals surface area contributed by atoms with E-state index in [9.17, 15) is 9.59 Å². The monoisotopic (exact) mass is 376 g/mol. The Morgan fingerprint density at radius 3 is 2.46 bits per heavy atom. The summed E-state index contributed by atoms with van der Waals surface area (Å²) in [4.78, 5) is 23.3. The van der Waals surface area contributed by atoms with Crippen LogP contribution in [-0.2, 0) is 20.7 Å². The number of rotatable bonds is 8. The summed E-state index contributed by atoms with van der Waals surface area (Å²) in [7, 11) is 7.38. The van der Waals surface area contributed by atoms with Gasteiger partial charge < -0.3 is 14.2 Å². The molecule has 0 saturated heterocycles. The molecule has 0 aromatic heterocycles. The fourth-order valence-electron chi connectivity index (χ4n) is 2.28. The van der Waals surface area contributed by atoms with E-state index in [4.69, 9.17) is 22.1 Å². The average Bonchev–Trinajstić information content (AvgIpc) is 2.67. The molecule has 0 aliphatic carbocycles. The van der Waals surface area contributed by atoms with Crippen LogP contribution in [0.1, 0.15) is 18.1 Å². The van der Waals surface area contributed by atoms with E-state index < -0.39 is 11.9 Å². The van der Waals surface area contributed by atoms with Crippen LogP contribution in [0.2, 0.25) is 0 Å². The van der Waals surface area contributed by atoms with E-state index in [2.05, 4.69) is 6.58 Å². The lowest BCUT2D eigenvalue weighted by molar-refractivity contribution is -0.138. The zero-order chi connectivity index (χ0) is 20.5. The number of hydrogen-bond donors (Lipinski definition) is 0. The Bertz CT molecular complexity index is 884. The average molecular weight is 376 g/mol. The van der Waals surface area contributed by atoms with Crippen LogP contribution in [0, 0.1) is 0 Å². The number of benzene rings is 2. The van der Waals surface area contributed by atoms with E-state index in [0.29, 0.717) is 29.0 Å². The summed E-state index contributed by atoms with van der Waals surface area (Å²) in [6, 6.07) is 12.2. The van der Waals surface area contributed by atoms with Crippen LogP contribution in [0.15, 0.2) is 60.7 Å². The maximum atomic E-state index is 12.0. The Hall–Kier alpha value is -3.28. The van der Waals surface area contributed by atoms with Crippen molar-refractivity contribution >= 4 is 31.3 Å². The zero-order valence-electron chi connectivity index (χ0n) is 15.9. The van der Waals surface area contributed by atoms with Gasteiger partial charge in [-0.05, 0) is 42.3 Å². The third-order valence-corrected chi connectivity index (χ3v) is 3.78. The molecule has 0 saturated carbocycles. The van der Waals surface area contributed by atoms with Gasteiger partial charge in [-0.25, -0.2) is 9.59 Å². The predicted octanol–water partition coefficient (Wildman–Crippen LogP) is 2.77. The minimum atomic E-state index is -0.502. The second kappa shape index (κ2) is 10.2. The van der Waals surface area contributed by atoms with Crippen molar-refractivity contribution in [1.82, 2.24) is 0 Å². The molecule has 0 aliphatic heterocycles. The van der Waals surface area contributed by atoms with E-state index in [1.165, 1.54) is 6.08 Å². The van der Waals surface area contributed by atoms with Gasteiger partial charge in [0, 0.05) is 18.1 Å². The van der Waals surface area contributed by atoms with Gasteiger partial charge in [0.25, 0.3) is 0 Å². The Balaban J connectivity index is 1.86. The van der Waals surface area contributed by atoms with Crippen molar-refractivity contribution in [2.75, 3.05) is 13.7 Å². The normalized spacial score (nSPS) is 10.5. The van der Waals surface area contributed by atoms with Gasteiger partial charge in [-0.3, -0.25) is 0 Å². The molecule has 2 radical (unpaired) electrons. The van der Waals surface area contributed by atoms with Crippen molar-refractivity contribution in [3.63, 3.8) is 0 Å². The minimum absolute atomic E-state index is 0.262. The highest BCUT2D eigenvalue weighted by molar-refractivity contribution is 6.34. The van der Waals surface area contributed by atoms with E-state index >= 15 is 0 Å². The Morgan fingerprint density at radius 2 is 1.86 bits per heavy atom. The number of methoxy groups -OCH3 is 1. The van der Waals surface area contributed by atoms with Gasteiger partial charge in [0.05, 0.1) is 13.7 Å². The molecule has 0 N–H and O–H groups in total. The highest BCUT2D eigenvalue weighted by Crippen LogP contribution is 2.14. The SMILES string of the molecule is [B]c1cc(/C=C/C(=O)Oc2ccc(CCOC(=O)C(=C)C)cc2)ccc1OC. The maximum Gasteiger partial charge on any atom is 0.336 e. The Morgan fingerprint density at radius 1 is 1.14 bits per heavy atom. The maximum absolute atomic E-state index is 12.0. The van der Waals surface area contributed by atoms with Gasteiger partial charge in [0.1, 0.15) is 19.3 Å².